The first-order chi connectivity index (χ1) is 5.15. The highest BCUT2D eigenvalue weighted by atomic mass is 16.3. The van der Waals surface area contributed by atoms with Crippen LogP contribution in [0.2, 0.25) is 0 Å². The van der Waals surface area contributed by atoms with Crippen LogP contribution in [-0.4, -0.2) is 11.2 Å². The van der Waals surface area contributed by atoms with E-state index in [2.05, 4.69) is 12.5 Å². The van der Waals surface area contributed by atoms with E-state index in [0.717, 1.165) is 17.6 Å². The van der Waals surface area contributed by atoms with Gasteiger partial charge in [0.25, 0.3) is 0 Å². The fraction of sp³-hybridized carbons (Fsp3) is 0.400. The van der Waals surface area contributed by atoms with Crippen molar-refractivity contribution < 1.29 is 5.11 Å². The van der Waals surface area contributed by atoms with Crippen LogP contribution in [0.1, 0.15) is 19.8 Å². The van der Waals surface area contributed by atoms with Crippen molar-refractivity contribution in [3.05, 3.63) is 23.3 Å². The minimum absolute atomic E-state index is 0.426. The van der Waals surface area contributed by atoms with Crippen LogP contribution in [0.15, 0.2) is 23.3 Å². The molecule has 1 N–H and O–H groups in total. The first-order valence-corrected chi connectivity index (χ1v) is 3.66. The lowest BCUT2D eigenvalue weighted by Crippen LogP contribution is -2.16. The molecule has 0 aliphatic heterocycles. The molecule has 0 radical (unpaired) electrons. The molecule has 0 unspecified atom stereocenters. The fourth-order valence-electron chi connectivity index (χ4n) is 1.26. The monoisotopic (exact) mass is 148 g/mol. The summed E-state index contributed by atoms with van der Waals surface area (Å²) >= 11 is 0. The van der Waals surface area contributed by atoms with Crippen molar-refractivity contribution in [1.29, 1.82) is 0 Å². The Balaban J connectivity index is 2.90. The van der Waals surface area contributed by atoms with E-state index in [0.29, 0.717) is 6.42 Å². The van der Waals surface area contributed by atoms with Gasteiger partial charge >= 0.3 is 0 Å². The molecule has 0 aromatic rings. The Hall–Kier alpha value is -1.00. The Labute approximate surface area is 67.4 Å². The van der Waals surface area contributed by atoms with Crippen molar-refractivity contribution in [3.8, 4) is 12.3 Å². The summed E-state index contributed by atoms with van der Waals surface area (Å²) in [6.07, 6.45) is 6.15. The normalized spacial score (nSPS) is 25.2. The average molecular weight is 148 g/mol. The van der Waals surface area contributed by atoms with Crippen molar-refractivity contribution in [2.24, 2.45) is 0 Å². The number of hydrogen-bond donors (Lipinski definition) is 1. The van der Waals surface area contributed by atoms with Gasteiger partial charge in [-0.05, 0) is 18.9 Å². The molecule has 1 atom stereocenters. The van der Waals surface area contributed by atoms with E-state index < -0.39 is 6.10 Å². The van der Waals surface area contributed by atoms with Gasteiger partial charge in [-0.3, -0.25) is 0 Å². The molecule has 58 valence electrons. The zero-order valence-corrected chi connectivity index (χ0v) is 6.72. The first-order valence-electron chi connectivity index (χ1n) is 3.66. The molecule has 0 saturated carbocycles. The van der Waals surface area contributed by atoms with E-state index in [9.17, 15) is 5.11 Å². The SMILES string of the molecule is C#CC1=C(C)CC(=C)[C@H](O)C1. The molecular formula is C10H12O. The summed E-state index contributed by atoms with van der Waals surface area (Å²) in [7, 11) is 0. The predicted molar refractivity (Wildman–Crippen MR) is 45.9 cm³/mol. The van der Waals surface area contributed by atoms with E-state index in [-0.39, 0.29) is 0 Å². The molecule has 11 heavy (non-hydrogen) atoms. The molecule has 0 heterocycles. The van der Waals surface area contributed by atoms with Gasteiger partial charge in [-0.2, -0.15) is 0 Å². The third-order valence-electron chi connectivity index (χ3n) is 2.05. The highest BCUT2D eigenvalue weighted by Crippen LogP contribution is 2.27. The summed E-state index contributed by atoms with van der Waals surface area (Å²) in [5.74, 6) is 2.58. The van der Waals surface area contributed by atoms with Gasteiger partial charge in [0.1, 0.15) is 0 Å². The third kappa shape index (κ3) is 1.53. The molecule has 1 heteroatoms. The lowest BCUT2D eigenvalue weighted by molar-refractivity contribution is 0.205. The number of allylic oxidation sites excluding steroid dienone is 1. The van der Waals surface area contributed by atoms with Gasteiger partial charge in [-0.25, -0.2) is 0 Å². The molecule has 0 fully saturated rings. The Morgan fingerprint density at radius 2 is 2.36 bits per heavy atom. The summed E-state index contributed by atoms with van der Waals surface area (Å²) in [5.41, 5.74) is 2.98. The fourth-order valence-corrected chi connectivity index (χ4v) is 1.26. The largest absolute Gasteiger partial charge is 0.388 e. The minimum atomic E-state index is -0.426. The van der Waals surface area contributed by atoms with E-state index >= 15 is 0 Å². The Kier molecular flexibility index (Phi) is 2.16. The predicted octanol–water partition coefficient (Wildman–Crippen LogP) is 1.65. The van der Waals surface area contributed by atoms with Crippen molar-refractivity contribution in [2.45, 2.75) is 25.9 Å². The second-order valence-corrected chi connectivity index (χ2v) is 2.96. The molecule has 1 aliphatic rings. The molecule has 0 aromatic carbocycles. The summed E-state index contributed by atoms with van der Waals surface area (Å²) < 4.78 is 0. The molecule has 1 aliphatic carbocycles. The van der Waals surface area contributed by atoms with Crippen molar-refractivity contribution in [3.63, 3.8) is 0 Å². The van der Waals surface area contributed by atoms with E-state index in [4.69, 9.17) is 6.42 Å². The maximum atomic E-state index is 9.37. The number of aliphatic hydroxyl groups excluding tert-OH is 1. The maximum Gasteiger partial charge on any atom is 0.0797 e. The summed E-state index contributed by atoms with van der Waals surface area (Å²) in [6, 6.07) is 0. The van der Waals surface area contributed by atoms with Gasteiger partial charge in [0, 0.05) is 12.0 Å². The quantitative estimate of drug-likeness (QED) is 0.409. The third-order valence-corrected chi connectivity index (χ3v) is 2.05. The second-order valence-electron chi connectivity index (χ2n) is 2.96. The Morgan fingerprint density at radius 3 is 2.91 bits per heavy atom. The van der Waals surface area contributed by atoms with Crippen molar-refractivity contribution >= 4 is 0 Å². The van der Waals surface area contributed by atoms with Crippen molar-refractivity contribution in [1.82, 2.24) is 0 Å². The highest BCUT2D eigenvalue weighted by molar-refractivity contribution is 5.38. The zero-order chi connectivity index (χ0) is 8.43. The van der Waals surface area contributed by atoms with E-state index in [1.807, 2.05) is 6.92 Å². The van der Waals surface area contributed by atoms with Crippen LogP contribution in [0, 0.1) is 12.3 Å². The Morgan fingerprint density at radius 1 is 1.73 bits per heavy atom. The van der Waals surface area contributed by atoms with E-state index in [1.54, 1.807) is 0 Å². The minimum Gasteiger partial charge on any atom is -0.388 e. The molecule has 1 rings (SSSR count). The lowest BCUT2D eigenvalue weighted by Gasteiger charge is -2.21. The van der Waals surface area contributed by atoms with Crippen LogP contribution in [0.25, 0.3) is 0 Å². The van der Waals surface area contributed by atoms with Gasteiger partial charge in [0.05, 0.1) is 6.10 Å². The number of rotatable bonds is 0. The maximum absolute atomic E-state index is 9.37. The van der Waals surface area contributed by atoms with Crippen LogP contribution in [0.5, 0.6) is 0 Å². The van der Waals surface area contributed by atoms with Gasteiger partial charge in [0.15, 0.2) is 0 Å². The smallest absolute Gasteiger partial charge is 0.0797 e. The van der Waals surface area contributed by atoms with Crippen LogP contribution >= 0.6 is 0 Å². The van der Waals surface area contributed by atoms with Crippen molar-refractivity contribution in [2.75, 3.05) is 0 Å². The molecule has 0 aromatic heterocycles. The first kappa shape index (κ1) is 8.10. The van der Waals surface area contributed by atoms with Gasteiger partial charge in [-0.1, -0.05) is 18.1 Å². The number of hydrogen-bond acceptors (Lipinski definition) is 1. The molecule has 0 amide bonds. The number of terminal acetylenes is 1. The second kappa shape index (κ2) is 2.94. The molecule has 0 saturated heterocycles. The Bertz CT molecular complexity index is 253. The topological polar surface area (TPSA) is 20.2 Å². The molecular weight excluding hydrogens is 136 g/mol. The van der Waals surface area contributed by atoms with Crippen LogP contribution in [-0.2, 0) is 0 Å². The zero-order valence-electron chi connectivity index (χ0n) is 6.72. The highest BCUT2D eigenvalue weighted by Gasteiger charge is 2.18. The van der Waals surface area contributed by atoms with Gasteiger partial charge in [0.2, 0.25) is 0 Å². The summed E-state index contributed by atoms with van der Waals surface area (Å²) in [6.45, 7) is 5.75. The summed E-state index contributed by atoms with van der Waals surface area (Å²) in [5, 5.41) is 9.37. The lowest BCUT2D eigenvalue weighted by atomic mass is 9.88. The van der Waals surface area contributed by atoms with Crippen LogP contribution in [0.3, 0.4) is 0 Å². The van der Waals surface area contributed by atoms with E-state index in [1.165, 1.54) is 5.57 Å². The van der Waals surface area contributed by atoms with Crippen LogP contribution in [0.4, 0.5) is 0 Å². The van der Waals surface area contributed by atoms with Gasteiger partial charge < -0.3 is 5.11 Å². The molecule has 0 bridgehead atoms. The molecule has 1 nitrogen and oxygen atoms in total. The average Bonchev–Trinajstić information content (AvgIpc) is 1.97. The van der Waals surface area contributed by atoms with Gasteiger partial charge in [-0.15, -0.1) is 6.42 Å². The summed E-state index contributed by atoms with van der Waals surface area (Å²) in [4.78, 5) is 0. The number of aliphatic hydroxyl groups is 1. The standard InChI is InChI=1S/C10H12O/c1-4-9-6-10(11)8(3)5-7(9)2/h1,10-11H,3,5-6H2,2H3/t10-/m1/s1. The van der Waals surface area contributed by atoms with Crippen LogP contribution < -0.4 is 0 Å². The molecule has 0 spiro atoms.